The van der Waals surface area contributed by atoms with Crippen LogP contribution in [0.25, 0.3) is 0 Å². The van der Waals surface area contributed by atoms with E-state index >= 15 is 0 Å². The van der Waals surface area contributed by atoms with Gasteiger partial charge in [-0.25, -0.2) is 0 Å². The average Bonchev–Trinajstić information content (AvgIpc) is 2.35. The van der Waals surface area contributed by atoms with Crippen molar-refractivity contribution in [2.45, 2.75) is 27.4 Å². The fourth-order valence-electron chi connectivity index (χ4n) is 2.37. The smallest absolute Gasteiger partial charge is 0.492 e. The molecular formula is C16H17BF3KO. The maximum absolute atomic E-state index is 13.1. The Morgan fingerprint density at radius 1 is 0.864 bits per heavy atom. The van der Waals surface area contributed by atoms with Crippen molar-refractivity contribution in [1.82, 2.24) is 0 Å². The molecule has 0 unspecified atom stereocenters. The molecule has 22 heavy (non-hydrogen) atoms. The Bertz CT molecular complexity index is 636. The molecule has 0 aliphatic heterocycles. The van der Waals surface area contributed by atoms with Crippen LogP contribution in [0.1, 0.15) is 22.3 Å². The second kappa shape index (κ2) is 8.02. The van der Waals surface area contributed by atoms with E-state index in [1.165, 1.54) is 6.07 Å². The molecule has 0 radical (unpaired) electrons. The Labute approximate surface area is 171 Å². The molecule has 2 aromatic carbocycles. The van der Waals surface area contributed by atoms with Gasteiger partial charge in [0, 0.05) is 0 Å². The van der Waals surface area contributed by atoms with Crippen molar-refractivity contribution in [3.63, 3.8) is 0 Å². The van der Waals surface area contributed by atoms with Gasteiger partial charge < -0.3 is 17.7 Å². The van der Waals surface area contributed by atoms with Crippen LogP contribution in [-0.2, 0) is 6.61 Å². The summed E-state index contributed by atoms with van der Waals surface area (Å²) in [6.45, 7) is 0.590. The molecule has 0 atom stereocenters. The first-order chi connectivity index (χ1) is 9.75. The molecule has 0 fully saturated rings. The van der Waals surface area contributed by atoms with Crippen molar-refractivity contribution in [3.05, 3.63) is 58.7 Å². The van der Waals surface area contributed by atoms with Crippen LogP contribution < -0.4 is 61.6 Å². The largest absolute Gasteiger partial charge is 1.00 e. The fourth-order valence-corrected chi connectivity index (χ4v) is 2.37. The number of ether oxygens (including phenoxy) is 1. The zero-order valence-electron chi connectivity index (χ0n) is 13.3. The van der Waals surface area contributed by atoms with E-state index in [0.29, 0.717) is 5.56 Å². The molecule has 0 heterocycles. The van der Waals surface area contributed by atoms with E-state index in [4.69, 9.17) is 4.74 Å². The van der Waals surface area contributed by atoms with E-state index in [1.807, 2.05) is 32.0 Å². The minimum absolute atomic E-state index is 0. The molecule has 0 aliphatic carbocycles. The van der Waals surface area contributed by atoms with Gasteiger partial charge in [0.25, 0.3) is 0 Å². The SMILES string of the molecule is Cc1cc(C)cc(COc2ccc(C)cc2[B-](F)(F)F)c1.[K+]. The zero-order chi connectivity index (χ0) is 15.6. The topological polar surface area (TPSA) is 9.23 Å². The third kappa shape index (κ3) is 5.42. The summed E-state index contributed by atoms with van der Waals surface area (Å²) < 4.78 is 44.6. The maximum atomic E-state index is 13.1. The van der Waals surface area contributed by atoms with Crippen LogP contribution in [0.15, 0.2) is 36.4 Å². The Kier molecular flexibility index (Phi) is 7.21. The van der Waals surface area contributed by atoms with Gasteiger partial charge in [-0.15, -0.1) is 0 Å². The van der Waals surface area contributed by atoms with E-state index in [2.05, 4.69) is 0 Å². The molecule has 2 rings (SSSR count). The molecular weight excluding hydrogens is 315 g/mol. The van der Waals surface area contributed by atoms with E-state index in [9.17, 15) is 12.9 Å². The third-order valence-corrected chi connectivity index (χ3v) is 3.19. The molecule has 0 N–H and O–H groups in total. The van der Waals surface area contributed by atoms with E-state index in [-0.39, 0.29) is 63.7 Å². The molecule has 0 amide bonds. The summed E-state index contributed by atoms with van der Waals surface area (Å²) in [7, 11) is 0. The molecule has 0 bridgehead atoms. The number of hydrogen-bond acceptors (Lipinski definition) is 1. The van der Waals surface area contributed by atoms with Gasteiger partial charge >= 0.3 is 58.4 Å². The van der Waals surface area contributed by atoms with Crippen molar-refractivity contribution >= 4 is 12.4 Å². The first-order valence-corrected chi connectivity index (χ1v) is 6.76. The first kappa shape index (κ1) is 19.8. The normalized spacial score (nSPS) is 11.0. The summed E-state index contributed by atoms with van der Waals surface area (Å²) in [4.78, 5) is 0. The Balaban J connectivity index is 0.00000242. The quantitative estimate of drug-likeness (QED) is 0.766. The van der Waals surface area contributed by atoms with Gasteiger partial charge in [-0.05, 0) is 32.4 Å². The fraction of sp³-hybridized carbons (Fsp3) is 0.250. The van der Waals surface area contributed by atoms with Gasteiger partial charge in [-0.1, -0.05) is 52.5 Å². The number of aryl methyl sites for hydroxylation is 3. The van der Waals surface area contributed by atoms with Gasteiger partial charge in [-0.2, -0.15) is 0 Å². The number of rotatable bonds is 4. The molecule has 2 aromatic rings. The first-order valence-electron chi connectivity index (χ1n) is 6.76. The second-order valence-corrected chi connectivity index (χ2v) is 5.40. The van der Waals surface area contributed by atoms with Crippen LogP contribution in [0.3, 0.4) is 0 Å². The summed E-state index contributed by atoms with van der Waals surface area (Å²) in [5.41, 5.74) is 2.91. The van der Waals surface area contributed by atoms with E-state index in [1.54, 1.807) is 13.0 Å². The van der Waals surface area contributed by atoms with Crippen molar-refractivity contribution in [3.8, 4) is 5.75 Å². The number of benzene rings is 2. The van der Waals surface area contributed by atoms with Gasteiger partial charge in [0.1, 0.15) is 6.61 Å². The summed E-state index contributed by atoms with van der Waals surface area (Å²) in [6.07, 6.45) is 0. The van der Waals surface area contributed by atoms with Crippen LogP contribution in [0.5, 0.6) is 5.75 Å². The monoisotopic (exact) mass is 332 g/mol. The minimum atomic E-state index is -5.08. The summed E-state index contributed by atoms with van der Waals surface area (Å²) in [5, 5.41) is 0. The van der Waals surface area contributed by atoms with Crippen LogP contribution in [-0.4, -0.2) is 6.98 Å². The molecule has 0 saturated heterocycles. The van der Waals surface area contributed by atoms with Crippen molar-refractivity contribution in [2.75, 3.05) is 0 Å². The van der Waals surface area contributed by atoms with Gasteiger partial charge in [0.2, 0.25) is 0 Å². The second-order valence-electron chi connectivity index (χ2n) is 5.40. The molecule has 1 nitrogen and oxygen atoms in total. The van der Waals surface area contributed by atoms with Crippen LogP contribution in [0.2, 0.25) is 0 Å². The average molecular weight is 332 g/mol. The molecule has 0 aliphatic rings. The maximum Gasteiger partial charge on any atom is 1.00 e. The van der Waals surface area contributed by atoms with E-state index in [0.717, 1.165) is 22.8 Å². The Morgan fingerprint density at radius 2 is 1.45 bits per heavy atom. The number of hydrogen-bond donors (Lipinski definition) is 0. The van der Waals surface area contributed by atoms with E-state index < -0.39 is 12.4 Å². The summed E-state index contributed by atoms with van der Waals surface area (Å²) in [6, 6.07) is 10.0. The predicted octanol–water partition coefficient (Wildman–Crippen LogP) is 1.25. The summed E-state index contributed by atoms with van der Waals surface area (Å²) >= 11 is 0. The van der Waals surface area contributed by atoms with Crippen LogP contribution in [0.4, 0.5) is 12.9 Å². The molecule has 0 aromatic heterocycles. The van der Waals surface area contributed by atoms with Crippen LogP contribution in [0, 0.1) is 20.8 Å². The van der Waals surface area contributed by atoms with Gasteiger partial charge in [-0.3, -0.25) is 0 Å². The predicted molar refractivity (Wildman–Crippen MR) is 80.1 cm³/mol. The van der Waals surface area contributed by atoms with Crippen molar-refractivity contribution in [1.29, 1.82) is 0 Å². The standard InChI is InChI=1S/C16H17BF3O.K/c1-11-4-5-16(15(9-11)17(18,19)20)21-10-14-7-12(2)6-13(3)8-14;/h4-9H,10H2,1-3H3;/q-1;+1. The molecule has 6 heteroatoms. The van der Waals surface area contributed by atoms with Crippen molar-refractivity contribution < 1.29 is 69.1 Å². The molecule has 0 spiro atoms. The Hall–Kier alpha value is -0.269. The molecule has 0 saturated carbocycles. The Morgan fingerprint density at radius 3 is 2.00 bits per heavy atom. The van der Waals surface area contributed by atoms with Gasteiger partial charge in [0.15, 0.2) is 0 Å². The number of halogens is 3. The van der Waals surface area contributed by atoms with Crippen molar-refractivity contribution in [2.24, 2.45) is 0 Å². The molecule has 112 valence electrons. The third-order valence-electron chi connectivity index (χ3n) is 3.19. The zero-order valence-corrected chi connectivity index (χ0v) is 16.4. The summed E-state index contributed by atoms with van der Waals surface area (Å²) in [5.74, 6) is -0.104. The van der Waals surface area contributed by atoms with Gasteiger partial charge in [0.05, 0.1) is 5.75 Å². The van der Waals surface area contributed by atoms with Crippen LogP contribution >= 0.6 is 0 Å². The minimum Gasteiger partial charge on any atom is -0.492 e.